The second kappa shape index (κ2) is 10.1. The van der Waals surface area contributed by atoms with E-state index < -0.39 is 35.4 Å². The lowest BCUT2D eigenvalue weighted by Gasteiger charge is -2.47. The molecular formula is C20H24N2O7S. The van der Waals surface area contributed by atoms with Crippen LogP contribution in [0.3, 0.4) is 0 Å². The molecule has 0 bridgehead atoms. The van der Waals surface area contributed by atoms with Crippen LogP contribution in [0.15, 0.2) is 30.3 Å². The number of nitrogens with one attached hydrogen (secondary N) is 1. The van der Waals surface area contributed by atoms with Crippen LogP contribution in [0.5, 0.6) is 0 Å². The number of nitrogens with zero attached hydrogens (tertiary/aromatic N) is 1. The number of carboxylic acid groups (broad SMARTS) is 1. The first-order chi connectivity index (χ1) is 14.4. The fourth-order valence-corrected chi connectivity index (χ4v) is 4.81. The first kappa shape index (κ1) is 22.3. The third kappa shape index (κ3) is 5.18. The third-order valence-corrected chi connectivity index (χ3v) is 6.45. The molecule has 9 nitrogen and oxygen atoms in total. The first-order valence-corrected chi connectivity index (χ1v) is 10.7. The molecule has 3 atom stereocenters. The molecule has 0 unspecified atom stereocenters. The molecule has 2 aliphatic rings. The van der Waals surface area contributed by atoms with Crippen molar-refractivity contribution in [2.45, 2.75) is 36.9 Å². The molecule has 10 heteroatoms. The number of benzene rings is 1. The smallest absolute Gasteiger partial charge is 0.354 e. The average molecular weight is 436 g/mol. The van der Waals surface area contributed by atoms with E-state index in [9.17, 15) is 24.3 Å². The molecule has 162 valence electrons. The number of ether oxygens (including phenoxy) is 1. The van der Waals surface area contributed by atoms with Crippen molar-refractivity contribution in [2.24, 2.45) is 5.92 Å². The lowest BCUT2D eigenvalue weighted by atomic mass is 9.96. The highest BCUT2D eigenvalue weighted by atomic mass is 32.2. The van der Waals surface area contributed by atoms with Crippen molar-refractivity contribution in [1.29, 1.82) is 0 Å². The zero-order valence-electron chi connectivity index (χ0n) is 16.2. The van der Waals surface area contributed by atoms with Gasteiger partial charge in [0.25, 0.3) is 5.91 Å². The minimum absolute atomic E-state index is 0.0122. The van der Waals surface area contributed by atoms with Crippen molar-refractivity contribution in [2.75, 3.05) is 19.0 Å². The topological polar surface area (TPSA) is 133 Å². The molecule has 0 aliphatic carbocycles. The average Bonchev–Trinajstić information content (AvgIpc) is 2.75. The van der Waals surface area contributed by atoms with Gasteiger partial charge in [0, 0.05) is 19.1 Å². The standard InChI is InChI=1S/C20H24N2O7S/c23-14(13-6-8-29-9-7-13)11-30-19-16(17(25)22(19)18(26)20(27)28)21-15(24)10-12-4-2-1-3-5-12/h1-5,13,16,18-19,26H,6-11H2,(H,21,24)(H,27,28)/t16-,18+,19-/m1/s1. The molecule has 0 saturated carbocycles. The Bertz CT molecular complexity index is 798. The van der Waals surface area contributed by atoms with Crippen LogP contribution in [-0.4, -0.2) is 75.3 Å². The van der Waals surface area contributed by atoms with Crippen molar-refractivity contribution in [1.82, 2.24) is 10.2 Å². The minimum Gasteiger partial charge on any atom is -0.478 e. The van der Waals surface area contributed by atoms with Gasteiger partial charge in [-0.05, 0) is 18.4 Å². The quantitative estimate of drug-likeness (QED) is 0.461. The van der Waals surface area contributed by atoms with E-state index in [1.165, 1.54) is 0 Å². The molecule has 2 amide bonds. The highest BCUT2D eigenvalue weighted by Crippen LogP contribution is 2.33. The van der Waals surface area contributed by atoms with E-state index in [2.05, 4.69) is 5.32 Å². The van der Waals surface area contributed by atoms with Crippen LogP contribution in [0.4, 0.5) is 0 Å². The molecule has 2 heterocycles. The number of carbonyl (C=O) groups is 4. The third-order valence-electron chi connectivity index (χ3n) is 5.16. The van der Waals surface area contributed by atoms with E-state index in [1.807, 2.05) is 6.07 Å². The van der Waals surface area contributed by atoms with Gasteiger partial charge in [-0.1, -0.05) is 30.3 Å². The summed E-state index contributed by atoms with van der Waals surface area (Å²) in [5.41, 5.74) is 0.767. The predicted octanol–water partition coefficient (Wildman–Crippen LogP) is 0.0141. The summed E-state index contributed by atoms with van der Waals surface area (Å²) < 4.78 is 5.25. The lowest BCUT2D eigenvalue weighted by molar-refractivity contribution is -0.178. The normalized spacial score (nSPS) is 22.8. The van der Waals surface area contributed by atoms with Crippen molar-refractivity contribution >= 4 is 35.3 Å². The molecule has 0 aromatic heterocycles. The number of Topliss-reactive ketones (excluding diaryl/α,β-unsaturated/α-hetero) is 1. The zero-order valence-corrected chi connectivity index (χ0v) is 17.0. The largest absolute Gasteiger partial charge is 0.478 e. The summed E-state index contributed by atoms with van der Waals surface area (Å²) in [7, 11) is 0. The summed E-state index contributed by atoms with van der Waals surface area (Å²) in [6, 6.07) is 7.97. The van der Waals surface area contributed by atoms with Crippen molar-refractivity contribution in [3.05, 3.63) is 35.9 Å². The molecule has 3 rings (SSSR count). The van der Waals surface area contributed by atoms with Gasteiger partial charge < -0.3 is 20.3 Å². The molecule has 0 spiro atoms. The SMILES string of the molecule is O=C(Cc1ccccc1)N[C@@H]1C(=O)N([C@@H](O)C(=O)O)[C@@H]1SCC(=O)C1CCOCC1. The van der Waals surface area contributed by atoms with Gasteiger partial charge in [-0.3, -0.25) is 19.3 Å². The van der Waals surface area contributed by atoms with Crippen LogP contribution in [0.1, 0.15) is 18.4 Å². The summed E-state index contributed by atoms with van der Waals surface area (Å²) in [6.07, 6.45) is -0.719. The number of β-lactam (4-membered cyclic amide) rings is 1. The number of aliphatic hydroxyl groups is 1. The maximum Gasteiger partial charge on any atom is 0.354 e. The van der Waals surface area contributed by atoms with E-state index in [-0.39, 0.29) is 23.9 Å². The molecule has 2 aliphatic heterocycles. The fourth-order valence-electron chi connectivity index (χ4n) is 3.49. The van der Waals surface area contributed by atoms with Gasteiger partial charge in [0.05, 0.1) is 12.2 Å². The first-order valence-electron chi connectivity index (χ1n) is 9.67. The number of aliphatic hydroxyl groups excluding tert-OH is 1. The Morgan fingerprint density at radius 3 is 2.50 bits per heavy atom. The van der Waals surface area contributed by atoms with Crippen LogP contribution in [0.25, 0.3) is 0 Å². The molecule has 2 saturated heterocycles. The van der Waals surface area contributed by atoms with Crippen molar-refractivity contribution < 1.29 is 34.1 Å². The Morgan fingerprint density at radius 1 is 1.20 bits per heavy atom. The van der Waals surface area contributed by atoms with E-state index >= 15 is 0 Å². The second-order valence-electron chi connectivity index (χ2n) is 7.22. The molecule has 30 heavy (non-hydrogen) atoms. The summed E-state index contributed by atoms with van der Waals surface area (Å²) in [4.78, 5) is 49.2. The Morgan fingerprint density at radius 2 is 1.87 bits per heavy atom. The maximum atomic E-state index is 12.5. The summed E-state index contributed by atoms with van der Waals surface area (Å²) in [5, 5.41) is 20.7. The number of likely N-dealkylation sites (tertiary alicyclic amines) is 1. The van der Waals surface area contributed by atoms with Crippen LogP contribution < -0.4 is 5.32 Å². The number of rotatable bonds is 9. The van der Waals surface area contributed by atoms with Crippen molar-refractivity contribution in [3.63, 3.8) is 0 Å². The van der Waals surface area contributed by atoms with E-state index in [0.29, 0.717) is 26.1 Å². The molecule has 0 radical (unpaired) electrons. The van der Waals surface area contributed by atoms with Gasteiger partial charge >= 0.3 is 5.97 Å². The Hall–Kier alpha value is -2.43. The van der Waals surface area contributed by atoms with Gasteiger partial charge in [0.2, 0.25) is 12.1 Å². The number of hydrogen-bond donors (Lipinski definition) is 3. The van der Waals surface area contributed by atoms with Gasteiger partial charge in [0.15, 0.2) is 0 Å². The van der Waals surface area contributed by atoms with Crippen LogP contribution in [-0.2, 0) is 30.3 Å². The predicted molar refractivity (Wildman–Crippen MR) is 107 cm³/mol. The zero-order chi connectivity index (χ0) is 21.7. The highest BCUT2D eigenvalue weighted by molar-refractivity contribution is 8.00. The highest BCUT2D eigenvalue weighted by Gasteiger charge is 2.53. The molecule has 3 N–H and O–H groups in total. The van der Waals surface area contributed by atoms with E-state index in [1.54, 1.807) is 24.3 Å². The van der Waals surface area contributed by atoms with Crippen LogP contribution >= 0.6 is 11.8 Å². The number of carboxylic acids is 1. The molecule has 1 aromatic carbocycles. The number of aliphatic carboxylic acids is 1. The Balaban J connectivity index is 1.62. The van der Waals surface area contributed by atoms with E-state index in [4.69, 9.17) is 9.84 Å². The molecule has 2 fully saturated rings. The number of amides is 2. The van der Waals surface area contributed by atoms with E-state index in [0.717, 1.165) is 22.2 Å². The minimum atomic E-state index is -2.03. The summed E-state index contributed by atoms with van der Waals surface area (Å²) in [5.74, 6) is -2.75. The Kier molecular flexibility index (Phi) is 7.46. The van der Waals surface area contributed by atoms with Crippen LogP contribution in [0, 0.1) is 5.92 Å². The fraction of sp³-hybridized carbons (Fsp3) is 0.500. The van der Waals surface area contributed by atoms with Gasteiger partial charge in [0.1, 0.15) is 17.2 Å². The number of ketones is 1. The van der Waals surface area contributed by atoms with Gasteiger partial charge in [-0.2, -0.15) is 0 Å². The van der Waals surface area contributed by atoms with Gasteiger partial charge in [-0.15, -0.1) is 11.8 Å². The monoisotopic (exact) mass is 436 g/mol. The number of carbonyl (C=O) groups excluding carboxylic acids is 3. The molecular weight excluding hydrogens is 412 g/mol. The van der Waals surface area contributed by atoms with Crippen molar-refractivity contribution in [3.8, 4) is 0 Å². The molecule has 1 aromatic rings. The second-order valence-corrected chi connectivity index (χ2v) is 8.32. The Labute approximate surface area is 177 Å². The van der Waals surface area contributed by atoms with Gasteiger partial charge in [-0.25, -0.2) is 4.79 Å². The summed E-state index contributed by atoms with van der Waals surface area (Å²) >= 11 is 1.06. The number of thioether (sulfide) groups is 1. The van der Waals surface area contributed by atoms with Crippen LogP contribution in [0.2, 0.25) is 0 Å². The lowest BCUT2D eigenvalue weighted by Crippen LogP contribution is -2.73. The maximum absolute atomic E-state index is 12.5. The summed E-state index contributed by atoms with van der Waals surface area (Å²) in [6.45, 7) is 1.04. The number of hydrogen-bond acceptors (Lipinski definition) is 7.